The van der Waals surface area contributed by atoms with E-state index in [-0.39, 0.29) is 75.1 Å². The van der Waals surface area contributed by atoms with E-state index in [2.05, 4.69) is 33.8 Å². The Balaban J connectivity index is 1.28. The highest BCUT2D eigenvalue weighted by Crippen LogP contribution is 2.25. The Morgan fingerprint density at radius 2 is 0.710 bits per heavy atom. The number of ketones is 2. The van der Waals surface area contributed by atoms with Crippen LogP contribution in [0.5, 0.6) is 23.0 Å². The second-order valence-corrected chi connectivity index (χ2v) is 17.4. The second-order valence-electron chi connectivity index (χ2n) is 14.4. The number of amides is 4. The van der Waals surface area contributed by atoms with Crippen LogP contribution in [-0.4, -0.2) is 75.4 Å². The van der Waals surface area contributed by atoms with Crippen LogP contribution >= 0.6 is 0 Å². The van der Waals surface area contributed by atoms with E-state index in [1.807, 2.05) is 0 Å². The van der Waals surface area contributed by atoms with E-state index >= 15 is 0 Å². The van der Waals surface area contributed by atoms with Gasteiger partial charge in [0.2, 0.25) is 0 Å². The van der Waals surface area contributed by atoms with Gasteiger partial charge in [0.15, 0.2) is 11.6 Å². The van der Waals surface area contributed by atoms with Crippen LogP contribution in [0.4, 0.5) is 27.5 Å². The van der Waals surface area contributed by atoms with Gasteiger partial charge >= 0.3 is 37.2 Å². The van der Waals surface area contributed by atoms with Crippen LogP contribution in [0.1, 0.15) is 52.6 Å². The first-order valence-corrected chi connectivity index (χ1v) is 23.6. The molecule has 0 fully saturated rings. The summed E-state index contributed by atoms with van der Waals surface area (Å²) in [5, 5.41) is 10.2. The zero-order valence-corrected chi connectivity index (χ0v) is 37.8. The number of anilines is 4. The zero-order chi connectivity index (χ0) is 50.1. The van der Waals surface area contributed by atoms with Gasteiger partial charge in [0.1, 0.15) is 23.0 Å². The van der Waals surface area contributed by atoms with Crippen molar-refractivity contribution in [2.45, 2.75) is 12.8 Å². The second kappa shape index (κ2) is 21.2. The molecule has 0 unspecified atom stereocenters. The predicted octanol–water partition coefficient (Wildman–Crippen LogP) is 6.24. The summed E-state index contributed by atoms with van der Waals surface area (Å²) in [6.07, 6.45) is -0.449. The first-order chi connectivity index (χ1) is 32.5. The summed E-state index contributed by atoms with van der Waals surface area (Å²) in [5.41, 5.74) is 0.626. The number of nitrogens with one attached hydrogen (secondary N) is 4. The number of urea groups is 1. The first-order valence-electron chi connectivity index (χ1n) is 19.5. The Kier molecular flexibility index (Phi) is 15.4. The minimum Gasteiger partial charge on any atom is -0.497 e. The molecule has 25 heteroatoms. The number of Topliss-reactive ketones (excluding diaryl/α,β-unsaturated/α-hetero) is 2. The van der Waals surface area contributed by atoms with Crippen LogP contribution in [0, 0.1) is 0 Å². The largest absolute Gasteiger partial charge is 0.497 e. The molecule has 0 radical (unpaired) electrons. The van der Waals surface area contributed by atoms with E-state index in [4.69, 9.17) is 18.4 Å². The standard InChI is InChI=1S/C44H36N4O18S3/c1-63-36-10-2-26(3-11-36)18-40(49)28-20-30(42(51)45-32-6-14-38(15-7-32)65-68(57,58)59)24-34(22-28)47-44(53)48-35-23-29(41(50)19-27-4-12-37(13-5-27)64-67(54,55)56)21-31(25-35)43(52)46-33-8-16-39(17-9-33)66-69(60,61)62/h2-17,20-25H,18-19H2,1H3,(H,45,51)(H,46,52)(H2,47,48,53)(H,54,55,56)(H,57,58,59)(H,60,61,62). The van der Waals surface area contributed by atoms with E-state index in [1.165, 1.54) is 92.0 Å². The fourth-order valence-corrected chi connectivity index (χ4v) is 7.28. The van der Waals surface area contributed by atoms with Crippen molar-refractivity contribution in [1.82, 2.24) is 0 Å². The molecule has 22 nitrogen and oxygen atoms in total. The maximum Gasteiger partial charge on any atom is 0.446 e. The number of benzene rings is 6. The number of hydrogen-bond donors (Lipinski definition) is 7. The molecule has 0 saturated heterocycles. The molecule has 6 aromatic carbocycles. The van der Waals surface area contributed by atoms with Gasteiger partial charge < -0.3 is 38.6 Å². The molecule has 6 rings (SSSR count). The summed E-state index contributed by atoms with van der Waals surface area (Å²) in [6, 6.07) is 27.8. The van der Waals surface area contributed by atoms with Crippen molar-refractivity contribution in [3.63, 3.8) is 0 Å². The van der Waals surface area contributed by atoms with E-state index in [9.17, 15) is 49.2 Å². The lowest BCUT2D eigenvalue weighted by Gasteiger charge is -2.14. The third kappa shape index (κ3) is 15.7. The molecule has 0 saturated carbocycles. The summed E-state index contributed by atoms with van der Waals surface area (Å²) >= 11 is 0. The minimum atomic E-state index is -4.84. The predicted molar refractivity (Wildman–Crippen MR) is 246 cm³/mol. The lowest BCUT2D eigenvalue weighted by molar-refractivity contribution is 0.0983. The van der Waals surface area contributed by atoms with Crippen molar-refractivity contribution in [3.05, 3.63) is 167 Å². The Bertz CT molecular complexity index is 3170. The van der Waals surface area contributed by atoms with Gasteiger partial charge in [-0.05, 0) is 120 Å². The number of rotatable bonds is 19. The number of methoxy groups -OCH3 is 1. The monoisotopic (exact) mass is 1000 g/mol. The summed E-state index contributed by atoms with van der Waals surface area (Å²) in [6.45, 7) is 0. The van der Waals surface area contributed by atoms with E-state index in [0.717, 1.165) is 24.3 Å². The van der Waals surface area contributed by atoms with E-state index in [0.29, 0.717) is 16.9 Å². The average Bonchev–Trinajstić information content (AvgIpc) is 3.27. The van der Waals surface area contributed by atoms with Gasteiger partial charge in [-0.2, -0.15) is 25.3 Å². The Hall–Kier alpha value is -8.20. The highest BCUT2D eigenvalue weighted by molar-refractivity contribution is 7.81. The van der Waals surface area contributed by atoms with Crippen LogP contribution in [-0.2, 0) is 44.0 Å². The van der Waals surface area contributed by atoms with Crippen molar-refractivity contribution in [2.24, 2.45) is 0 Å². The van der Waals surface area contributed by atoms with Gasteiger partial charge in [0, 0.05) is 57.8 Å². The summed E-state index contributed by atoms with van der Waals surface area (Å²) in [7, 11) is -13.0. The molecule has 0 heterocycles. The number of carbonyl (C=O) groups is 5. The van der Waals surface area contributed by atoms with Gasteiger partial charge in [0.25, 0.3) is 11.8 Å². The molecule has 4 amide bonds. The molecule has 7 N–H and O–H groups in total. The highest BCUT2D eigenvalue weighted by Gasteiger charge is 2.20. The molecule has 358 valence electrons. The van der Waals surface area contributed by atoms with Crippen LogP contribution < -0.4 is 38.6 Å². The first kappa shape index (κ1) is 50.2. The molecule has 0 aliphatic rings. The van der Waals surface area contributed by atoms with Crippen molar-refractivity contribution >= 4 is 83.4 Å². The number of carbonyl (C=O) groups excluding carboxylic acids is 5. The molecule has 6 aromatic rings. The van der Waals surface area contributed by atoms with Crippen molar-refractivity contribution in [3.8, 4) is 23.0 Å². The maximum absolute atomic E-state index is 13.7. The fraction of sp³-hybridized carbons (Fsp3) is 0.0682. The fourth-order valence-electron chi connectivity index (χ4n) is 6.22. The molecule has 0 bridgehead atoms. The zero-order valence-electron chi connectivity index (χ0n) is 35.3. The van der Waals surface area contributed by atoms with E-state index in [1.54, 1.807) is 24.3 Å². The van der Waals surface area contributed by atoms with Gasteiger partial charge in [-0.3, -0.25) is 32.8 Å². The Morgan fingerprint density at radius 3 is 1.03 bits per heavy atom. The molecular formula is C44H36N4O18S3. The molecule has 0 aromatic heterocycles. The molecule has 69 heavy (non-hydrogen) atoms. The van der Waals surface area contributed by atoms with Crippen LogP contribution in [0.2, 0.25) is 0 Å². The van der Waals surface area contributed by atoms with Crippen LogP contribution in [0.25, 0.3) is 0 Å². The van der Waals surface area contributed by atoms with Crippen molar-refractivity contribution < 1.29 is 80.2 Å². The lowest BCUT2D eigenvalue weighted by Crippen LogP contribution is -2.22. The van der Waals surface area contributed by atoms with Crippen molar-refractivity contribution in [1.29, 1.82) is 0 Å². The summed E-state index contributed by atoms with van der Waals surface area (Å²) in [4.78, 5) is 68.2. The average molecular weight is 1000 g/mol. The normalized spacial score (nSPS) is 11.4. The third-order valence-corrected chi connectivity index (χ3v) is 10.4. The topological polar surface area (TPSA) is 333 Å². The SMILES string of the molecule is COc1ccc(CC(=O)c2cc(NC(=O)Nc3cc(C(=O)Cc4ccc(OS(=O)(=O)O)cc4)cc(C(=O)Nc4ccc(OS(=O)(=O)O)cc4)c3)cc(C(=O)Nc3ccc(OS(=O)(=O)O)cc3)c2)cc1. The van der Waals surface area contributed by atoms with E-state index < -0.39 is 60.6 Å². The van der Waals surface area contributed by atoms with Crippen LogP contribution in [0.3, 0.4) is 0 Å². The summed E-state index contributed by atoms with van der Waals surface area (Å²) < 4.78 is 112. The maximum atomic E-state index is 13.7. The quantitative estimate of drug-likeness (QED) is 0.0349. The number of hydrogen-bond acceptors (Lipinski definition) is 15. The molecule has 0 aliphatic heterocycles. The molecule has 0 atom stereocenters. The molecular weight excluding hydrogens is 969 g/mol. The summed E-state index contributed by atoms with van der Waals surface area (Å²) in [5.74, 6) is -2.89. The highest BCUT2D eigenvalue weighted by atomic mass is 32.3. The van der Waals surface area contributed by atoms with Gasteiger partial charge in [0.05, 0.1) is 7.11 Å². The molecule has 0 aliphatic carbocycles. The number of ether oxygens (including phenoxy) is 1. The lowest BCUT2D eigenvalue weighted by atomic mass is 9.99. The Labute approximate surface area is 393 Å². The molecule has 0 spiro atoms. The smallest absolute Gasteiger partial charge is 0.446 e. The Morgan fingerprint density at radius 1 is 0.406 bits per heavy atom. The van der Waals surface area contributed by atoms with Crippen LogP contribution in [0.15, 0.2) is 133 Å². The van der Waals surface area contributed by atoms with Gasteiger partial charge in [-0.1, -0.05) is 24.3 Å². The third-order valence-electron chi connectivity index (χ3n) is 9.19. The van der Waals surface area contributed by atoms with Gasteiger partial charge in [-0.15, -0.1) is 0 Å². The van der Waals surface area contributed by atoms with Crippen molar-refractivity contribution in [2.75, 3.05) is 28.4 Å². The van der Waals surface area contributed by atoms with Gasteiger partial charge in [-0.25, -0.2) is 4.79 Å². The minimum absolute atomic E-state index is 0.00706.